The van der Waals surface area contributed by atoms with Gasteiger partial charge in [0.15, 0.2) is 17.2 Å². The first-order valence-electron chi connectivity index (χ1n) is 8.47. The Labute approximate surface area is 164 Å². The summed E-state index contributed by atoms with van der Waals surface area (Å²) in [4.78, 5) is 12.5. The van der Waals surface area contributed by atoms with Gasteiger partial charge in [0.1, 0.15) is 13.2 Å². The van der Waals surface area contributed by atoms with Crippen molar-refractivity contribution in [2.24, 2.45) is 0 Å². The first kappa shape index (κ1) is 17.5. The second kappa shape index (κ2) is 7.40. The van der Waals surface area contributed by atoms with E-state index in [1.54, 1.807) is 4.68 Å². The highest BCUT2D eigenvalue weighted by Crippen LogP contribution is 2.30. The average molecular weight is 429 g/mol. The maximum absolute atomic E-state index is 12.5. The molecule has 0 saturated carbocycles. The minimum absolute atomic E-state index is 0.274. The first-order chi connectivity index (χ1) is 13.1. The number of ether oxygens (including phenoxy) is 2. The monoisotopic (exact) mass is 428 g/mol. The van der Waals surface area contributed by atoms with Gasteiger partial charge in [-0.1, -0.05) is 33.3 Å². The summed E-state index contributed by atoms with van der Waals surface area (Å²) in [5.74, 6) is 1.15. The van der Waals surface area contributed by atoms with E-state index in [4.69, 9.17) is 9.47 Å². The zero-order valence-corrected chi connectivity index (χ0v) is 16.2. The standard InChI is InChI=1S/C19H17BrN4O3/c1-12-18(22-23-24(12)15-4-2-3-14(20)10-15)19(25)21-11-13-5-6-16-17(9-13)27-8-7-26-16/h2-6,9-10H,7-8,11H2,1H3,(H,21,25). The van der Waals surface area contributed by atoms with E-state index in [0.29, 0.717) is 36.9 Å². The summed E-state index contributed by atoms with van der Waals surface area (Å²) in [5, 5.41) is 11.0. The molecule has 2 heterocycles. The van der Waals surface area contributed by atoms with E-state index in [0.717, 1.165) is 21.5 Å². The fourth-order valence-corrected chi connectivity index (χ4v) is 3.24. The van der Waals surface area contributed by atoms with Crippen LogP contribution in [0.4, 0.5) is 0 Å². The lowest BCUT2D eigenvalue weighted by Gasteiger charge is -2.18. The minimum Gasteiger partial charge on any atom is -0.486 e. The van der Waals surface area contributed by atoms with Gasteiger partial charge in [0.2, 0.25) is 0 Å². The largest absolute Gasteiger partial charge is 0.486 e. The predicted molar refractivity (Wildman–Crippen MR) is 102 cm³/mol. The van der Waals surface area contributed by atoms with Crippen molar-refractivity contribution in [2.75, 3.05) is 13.2 Å². The molecule has 0 unspecified atom stereocenters. The summed E-state index contributed by atoms with van der Waals surface area (Å²) >= 11 is 3.44. The van der Waals surface area contributed by atoms with Crippen molar-refractivity contribution in [1.29, 1.82) is 0 Å². The fourth-order valence-electron chi connectivity index (χ4n) is 2.86. The third kappa shape index (κ3) is 3.66. The first-order valence-corrected chi connectivity index (χ1v) is 9.26. The van der Waals surface area contributed by atoms with Gasteiger partial charge >= 0.3 is 0 Å². The lowest BCUT2D eigenvalue weighted by molar-refractivity contribution is 0.0945. The molecule has 8 heteroatoms. The van der Waals surface area contributed by atoms with Crippen LogP contribution in [0.25, 0.3) is 5.69 Å². The molecule has 0 spiro atoms. The predicted octanol–water partition coefficient (Wildman–Crippen LogP) is 3.04. The summed E-state index contributed by atoms with van der Waals surface area (Å²) in [6.45, 7) is 3.26. The van der Waals surface area contributed by atoms with Crippen molar-refractivity contribution in [3.05, 3.63) is 63.9 Å². The number of hydrogen-bond acceptors (Lipinski definition) is 5. The summed E-state index contributed by atoms with van der Waals surface area (Å²) in [6, 6.07) is 13.3. The molecule has 3 aromatic rings. The van der Waals surface area contributed by atoms with Gasteiger partial charge in [-0.25, -0.2) is 4.68 Å². The number of benzene rings is 2. The van der Waals surface area contributed by atoms with Crippen molar-refractivity contribution >= 4 is 21.8 Å². The Kier molecular flexibility index (Phi) is 4.81. The molecule has 1 aromatic heterocycles. The van der Waals surface area contributed by atoms with Crippen LogP contribution < -0.4 is 14.8 Å². The van der Waals surface area contributed by atoms with Crippen LogP contribution in [0.1, 0.15) is 21.7 Å². The van der Waals surface area contributed by atoms with Crippen LogP contribution in [0, 0.1) is 6.92 Å². The molecule has 0 saturated heterocycles. The SMILES string of the molecule is Cc1c(C(=O)NCc2ccc3c(c2)OCCO3)nnn1-c1cccc(Br)c1. The molecule has 27 heavy (non-hydrogen) atoms. The average Bonchev–Trinajstić information content (AvgIpc) is 3.07. The normalized spacial score (nSPS) is 12.7. The molecular formula is C19H17BrN4O3. The van der Waals surface area contributed by atoms with E-state index >= 15 is 0 Å². The van der Waals surface area contributed by atoms with Crippen LogP contribution in [0.3, 0.4) is 0 Å². The molecule has 1 aliphatic heterocycles. The molecule has 4 rings (SSSR count). The lowest BCUT2D eigenvalue weighted by atomic mass is 10.2. The van der Waals surface area contributed by atoms with E-state index in [-0.39, 0.29) is 5.91 Å². The number of hydrogen-bond donors (Lipinski definition) is 1. The van der Waals surface area contributed by atoms with Crippen molar-refractivity contribution in [3.8, 4) is 17.2 Å². The van der Waals surface area contributed by atoms with E-state index in [1.807, 2.05) is 49.4 Å². The van der Waals surface area contributed by atoms with Gasteiger partial charge in [0, 0.05) is 11.0 Å². The smallest absolute Gasteiger partial charge is 0.274 e. The molecule has 0 radical (unpaired) electrons. The Balaban J connectivity index is 1.47. The molecule has 1 amide bonds. The minimum atomic E-state index is -0.274. The second-order valence-corrected chi connectivity index (χ2v) is 6.99. The third-order valence-electron chi connectivity index (χ3n) is 4.22. The van der Waals surface area contributed by atoms with E-state index in [9.17, 15) is 4.79 Å². The molecule has 2 aromatic carbocycles. The number of nitrogens with zero attached hydrogens (tertiary/aromatic N) is 3. The maximum atomic E-state index is 12.5. The zero-order valence-electron chi connectivity index (χ0n) is 14.6. The molecular weight excluding hydrogens is 412 g/mol. The maximum Gasteiger partial charge on any atom is 0.274 e. The van der Waals surface area contributed by atoms with Crippen LogP contribution in [0.5, 0.6) is 11.5 Å². The summed E-state index contributed by atoms with van der Waals surface area (Å²) in [7, 11) is 0. The number of amides is 1. The van der Waals surface area contributed by atoms with Gasteiger partial charge in [-0.2, -0.15) is 0 Å². The Morgan fingerprint density at radius 3 is 2.81 bits per heavy atom. The number of rotatable bonds is 4. The summed E-state index contributed by atoms with van der Waals surface area (Å²) < 4.78 is 13.6. The van der Waals surface area contributed by atoms with Crippen LogP contribution in [-0.2, 0) is 6.54 Å². The van der Waals surface area contributed by atoms with E-state index in [2.05, 4.69) is 31.6 Å². The highest BCUT2D eigenvalue weighted by molar-refractivity contribution is 9.10. The number of halogens is 1. The molecule has 0 aliphatic carbocycles. The fraction of sp³-hybridized carbons (Fsp3) is 0.211. The number of carbonyl (C=O) groups excluding carboxylic acids is 1. The van der Waals surface area contributed by atoms with Crippen LogP contribution >= 0.6 is 15.9 Å². The number of carbonyl (C=O) groups is 1. The van der Waals surface area contributed by atoms with Crippen molar-refractivity contribution in [2.45, 2.75) is 13.5 Å². The van der Waals surface area contributed by atoms with Gasteiger partial charge in [-0.3, -0.25) is 4.79 Å². The van der Waals surface area contributed by atoms with Crippen molar-refractivity contribution in [1.82, 2.24) is 20.3 Å². The molecule has 138 valence electrons. The third-order valence-corrected chi connectivity index (χ3v) is 4.72. The molecule has 0 bridgehead atoms. The van der Waals surface area contributed by atoms with Gasteiger partial charge in [-0.15, -0.1) is 5.10 Å². The Hall–Kier alpha value is -2.87. The second-order valence-electron chi connectivity index (χ2n) is 6.08. The summed E-state index contributed by atoms with van der Waals surface area (Å²) in [6.07, 6.45) is 0. The van der Waals surface area contributed by atoms with E-state index in [1.165, 1.54) is 0 Å². The van der Waals surface area contributed by atoms with Gasteiger partial charge in [0.05, 0.1) is 11.4 Å². The van der Waals surface area contributed by atoms with Gasteiger partial charge in [0.25, 0.3) is 5.91 Å². The summed E-state index contributed by atoms with van der Waals surface area (Å²) in [5.41, 5.74) is 2.73. The number of nitrogens with one attached hydrogen (secondary N) is 1. The van der Waals surface area contributed by atoms with Crippen molar-refractivity contribution < 1.29 is 14.3 Å². The lowest BCUT2D eigenvalue weighted by Crippen LogP contribution is -2.24. The zero-order chi connectivity index (χ0) is 18.8. The van der Waals surface area contributed by atoms with Crippen molar-refractivity contribution in [3.63, 3.8) is 0 Å². The number of fused-ring (bicyclic) bond motifs is 1. The topological polar surface area (TPSA) is 78.3 Å². The molecule has 1 aliphatic rings. The highest BCUT2D eigenvalue weighted by Gasteiger charge is 2.18. The molecule has 0 atom stereocenters. The Morgan fingerprint density at radius 1 is 1.19 bits per heavy atom. The van der Waals surface area contributed by atoms with Crippen LogP contribution in [0.2, 0.25) is 0 Å². The van der Waals surface area contributed by atoms with Crippen LogP contribution in [0.15, 0.2) is 46.9 Å². The van der Waals surface area contributed by atoms with E-state index < -0.39 is 0 Å². The van der Waals surface area contributed by atoms with Gasteiger partial charge in [-0.05, 0) is 42.8 Å². The molecule has 7 nitrogen and oxygen atoms in total. The highest BCUT2D eigenvalue weighted by atomic mass is 79.9. The molecule has 0 fully saturated rings. The van der Waals surface area contributed by atoms with Gasteiger partial charge < -0.3 is 14.8 Å². The molecule has 1 N–H and O–H groups in total. The number of aromatic nitrogens is 3. The Morgan fingerprint density at radius 2 is 2.00 bits per heavy atom. The Bertz CT molecular complexity index is 1000. The quantitative estimate of drug-likeness (QED) is 0.690. The van der Waals surface area contributed by atoms with Crippen LogP contribution in [-0.4, -0.2) is 34.1 Å².